The molecule has 17 heavy (non-hydrogen) atoms. The fourth-order valence-corrected chi connectivity index (χ4v) is 3.52. The number of nitrogens with zero attached hydrogens (tertiary/aromatic N) is 1. The molecule has 0 atom stereocenters. The molecule has 1 heterocycles. The minimum Gasteiger partial charge on any atom is -0.310 e. The summed E-state index contributed by atoms with van der Waals surface area (Å²) in [5.74, 6) is 0. The summed E-state index contributed by atoms with van der Waals surface area (Å²) >= 11 is 3.81. The largest absolute Gasteiger partial charge is 0.310 e. The molecule has 98 valence electrons. The van der Waals surface area contributed by atoms with E-state index >= 15 is 0 Å². The molecule has 2 nitrogen and oxygen atoms in total. The zero-order valence-corrected chi connectivity index (χ0v) is 13.0. The maximum Gasteiger partial charge on any atom is 0.0925 e. The van der Waals surface area contributed by atoms with Gasteiger partial charge in [0, 0.05) is 28.9 Å². The van der Waals surface area contributed by atoms with Crippen LogP contribution in [-0.4, -0.2) is 22.5 Å². The average Bonchev–Trinajstić information content (AvgIpc) is 2.83. The maximum absolute atomic E-state index is 4.38. The van der Waals surface area contributed by atoms with Crippen molar-refractivity contribution in [2.24, 2.45) is 0 Å². The van der Waals surface area contributed by atoms with Crippen LogP contribution in [0.5, 0.6) is 0 Å². The van der Waals surface area contributed by atoms with E-state index in [2.05, 4.69) is 37.3 Å². The minimum atomic E-state index is 0.401. The van der Waals surface area contributed by atoms with Crippen LogP contribution in [0.25, 0.3) is 0 Å². The maximum atomic E-state index is 4.38. The zero-order valence-electron chi connectivity index (χ0n) is 11.4. The van der Waals surface area contributed by atoms with Gasteiger partial charge in [0.05, 0.1) is 5.01 Å². The van der Waals surface area contributed by atoms with Crippen molar-refractivity contribution in [1.82, 2.24) is 10.3 Å². The molecule has 1 rings (SSSR count). The van der Waals surface area contributed by atoms with Gasteiger partial charge in [-0.1, -0.05) is 20.8 Å². The third-order valence-corrected chi connectivity index (χ3v) is 6.10. The summed E-state index contributed by atoms with van der Waals surface area (Å²) in [6.45, 7) is 8.76. The standard InChI is InChI=1S/C13H24N2S2/c1-5-12-15-9-11(17-12)8-14-10-13(6-2,7-3)16-4/h9,14H,5-8,10H2,1-4H3. The second-order valence-corrected chi connectivity index (χ2v) is 6.75. The van der Waals surface area contributed by atoms with E-state index in [0.717, 1.165) is 19.5 Å². The Hall–Kier alpha value is -0.0600. The minimum absolute atomic E-state index is 0.401. The Morgan fingerprint density at radius 1 is 1.35 bits per heavy atom. The smallest absolute Gasteiger partial charge is 0.0925 e. The molecule has 0 aliphatic carbocycles. The highest BCUT2D eigenvalue weighted by atomic mass is 32.2. The summed E-state index contributed by atoms with van der Waals surface area (Å²) in [6.07, 6.45) is 7.72. The van der Waals surface area contributed by atoms with Crippen molar-refractivity contribution in [1.29, 1.82) is 0 Å². The first-order valence-electron chi connectivity index (χ1n) is 6.39. The van der Waals surface area contributed by atoms with Gasteiger partial charge in [-0.25, -0.2) is 4.98 Å². The van der Waals surface area contributed by atoms with Gasteiger partial charge in [-0.3, -0.25) is 0 Å². The normalized spacial score (nSPS) is 12.0. The van der Waals surface area contributed by atoms with Gasteiger partial charge in [0.2, 0.25) is 0 Å². The lowest BCUT2D eigenvalue weighted by molar-refractivity contribution is 0.496. The molecular weight excluding hydrogens is 248 g/mol. The molecule has 0 unspecified atom stereocenters. The van der Waals surface area contributed by atoms with E-state index < -0.39 is 0 Å². The number of aryl methyl sites for hydroxylation is 1. The van der Waals surface area contributed by atoms with Gasteiger partial charge >= 0.3 is 0 Å². The molecule has 0 aliphatic heterocycles. The molecule has 4 heteroatoms. The summed E-state index contributed by atoms with van der Waals surface area (Å²) in [5.41, 5.74) is 0. The highest BCUT2D eigenvalue weighted by Crippen LogP contribution is 2.29. The van der Waals surface area contributed by atoms with E-state index in [4.69, 9.17) is 0 Å². The lowest BCUT2D eigenvalue weighted by Crippen LogP contribution is -2.36. The summed E-state index contributed by atoms with van der Waals surface area (Å²) < 4.78 is 0.401. The second-order valence-electron chi connectivity index (χ2n) is 4.27. The molecule has 0 spiro atoms. The number of hydrogen-bond donors (Lipinski definition) is 1. The highest BCUT2D eigenvalue weighted by Gasteiger charge is 2.23. The van der Waals surface area contributed by atoms with Crippen molar-refractivity contribution in [3.63, 3.8) is 0 Å². The van der Waals surface area contributed by atoms with Crippen LogP contribution in [0, 0.1) is 0 Å². The molecule has 0 aromatic carbocycles. The molecular formula is C13H24N2S2. The first kappa shape index (κ1) is 15.0. The van der Waals surface area contributed by atoms with Gasteiger partial charge in [-0.05, 0) is 25.5 Å². The predicted octanol–water partition coefficient (Wildman–Crippen LogP) is 3.72. The quantitative estimate of drug-likeness (QED) is 0.781. The topological polar surface area (TPSA) is 24.9 Å². The van der Waals surface area contributed by atoms with Gasteiger partial charge in [0.15, 0.2) is 0 Å². The number of rotatable bonds is 8. The molecule has 1 aromatic rings. The molecule has 0 bridgehead atoms. The van der Waals surface area contributed by atoms with E-state index in [1.807, 2.05) is 29.3 Å². The number of thioether (sulfide) groups is 1. The van der Waals surface area contributed by atoms with Crippen molar-refractivity contribution in [2.45, 2.75) is 51.3 Å². The van der Waals surface area contributed by atoms with Crippen LogP contribution < -0.4 is 5.32 Å². The van der Waals surface area contributed by atoms with Gasteiger partial charge in [0.1, 0.15) is 0 Å². The molecule has 0 aliphatic rings. The fraction of sp³-hybridized carbons (Fsp3) is 0.769. The lowest BCUT2D eigenvalue weighted by Gasteiger charge is -2.29. The third-order valence-electron chi connectivity index (χ3n) is 3.37. The Morgan fingerprint density at radius 3 is 2.53 bits per heavy atom. The highest BCUT2D eigenvalue weighted by molar-refractivity contribution is 8.00. The average molecular weight is 272 g/mol. The van der Waals surface area contributed by atoms with Gasteiger partial charge < -0.3 is 5.32 Å². The number of thiazole rings is 1. The van der Waals surface area contributed by atoms with Crippen molar-refractivity contribution in [3.8, 4) is 0 Å². The third kappa shape index (κ3) is 4.27. The van der Waals surface area contributed by atoms with E-state index in [0.29, 0.717) is 4.75 Å². The molecule has 0 radical (unpaired) electrons. The molecule has 0 saturated heterocycles. The first-order chi connectivity index (χ1) is 8.19. The SMILES string of the molecule is CCc1ncc(CNCC(CC)(CC)SC)s1. The van der Waals surface area contributed by atoms with E-state index in [1.54, 1.807) is 0 Å². The summed E-state index contributed by atoms with van der Waals surface area (Å²) in [6, 6.07) is 0. The molecule has 0 saturated carbocycles. The van der Waals surface area contributed by atoms with Crippen molar-refractivity contribution in [2.75, 3.05) is 12.8 Å². The summed E-state index contributed by atoms with van der Waals surface area (Å²) in [4.78, 5) is 5.73. The monoisotopic (exact) mass is 272 g/mol. The number of nitrogens with one attached hydrogen (secondary N) is 1. The first-order valence-corrected chi connectivity index (χ1v) is 8.43. The summed E-state index contributed by atoms with van der Waals surface area (Å²) in [7, 11) is 0. The molecule has 0 fully saturated rings. The van der Waals surface area contributed by atoms with Crippen LogP contribution in [0.15, 0.2) is 6.20 Å². The van der Waals surface area contributed by atoms with Crippen molar-refractivity contribution in [3.05, 3.63) is 16.1 Å². The summed E-state index contributed by atoms with van der Waals surface area (Å²) in [5, 5.41) is 4.82. The zero-order chi connectivity index (χ0) is 12.7. The Morgan fingerprint density at radius 2 is 2.06 bits per heavy atom. The van der Waals surface area contributed by atoms with Gasteiger partial charge in [0.25, 0.3) is 0 Å². The Kier molecular flexibility index (Phi) is 6.52. The lowest BCUT2D eigenvalue weighted by atomic mass is 10.0. The Bertz CT molecular complexity index is 311. The van der Waals surface area contributed by atoms with E-state index in [1.165, 1.54) is 22.7 Å². The Balaban J connectivity index is 2.40. The van der Waals surface area contributed by atoms with Crippen LogP contribution in [0.4, 0.5) is 0 Å². The van der Waals surface area contributed by atoms with E-state index in [-0.39, 0.29) is 0 Å². The van der Waals surface area contributed by atoms with Crippen LogP contribution >= 0.6 is 23.1 Å². The molecule has 0 amide bonds. The second kappa shape index (κ2) is 7.39. The van der Waals surface area contributed by atoms with E-state index in [9.17, 15) is 0 Å². The van der Waals surface area contributed by atoms with Crippen LogP contribution in [-0.2, 0) is 13.0 Å². The predicted molar refractivity (Wildman–Crippen MR) is 80.0 cm³/mol. The Labute approximate surface area is 114 Å². The molecule has 1 N–H and O–H groups in total. The van der Waals surface area contributed by atoms with Crippen LogP contribution in [0.1, 0.15) is 43.5 Å². The van der Waals surface area contributed by atoms with Crippen molar-refractivity contribution < 1.29 is 0 Å². The molecule has 1 aromatic heterocycles. The fourth-order valence-electron chi connectivity index (χ4n) is 1.87. The number of aromatic nitrogens is 1. The van der Waals surface area contributed by atoms with Crippen molar-refractivity contribution >= 4 is 23.1 Å². The van der Waals surface area contributed by atoms with Crippen LogP contribution in [0.2, 0.25) is 0 Å². The number of hydrogen-bond acceptors (Lipinski definition) is 4. The van der Waals surface area contributed by atoms with Crippen LogP contribution in [0.3, 0.4) is 0 Å². The van der Waals surface area contributed by atoms with Gasteiger partial charge in [-0.15, -0.1) is 11.3 Å². The van der Waals surface area contributed by atoms with Gasteiger partial charge in [-0.2, -0.15) is 11.8 Å².